The molecule has 31 heavy (non-hydrogen) atoms. The van der Waals surface area contributed by atoms with Crippen LogP contribution in [0.25, 0.3) is 22.2 Å². The largest absolute Gasteiger partial charge is 0.383 e. The normalized spacial score (nSPS) is 14.7. The lowest BCUT2D eigenvalue weighted by Gasteiger charge is -2.11. The average Bonchev–Trinajstić information content (AvgIpc) is 3.37. The first-order chi connectivity index (χ1) is 15.1. The lowest BCUT2D eigenvalue weighted by atomic mass is 10.1. The maximum absolute atomic E-state index is 13.2. The molecule has 0 spiro atoms. The van der Waals surface area contributed by atoms with Crippen molar-refractivity contribution in [1.29, 1.82) is 0 Å². The summed E-state index contributed by atoms with van der Waals surface area (Å²) in [7, 11) is 0. The minimum absolute atomic E-state index is 0.175. The number of anilines is 1. The maximum Gasteiger partial charge on any atom is 0.257 e. The molecule has 7 heteroatoms. The summed E-state index contributed by atoms with van der Waals surface area (Å²) in [6.07, 6.45) is 5.98. The fourth-order valence-corrected chi connectivity index (χ4v) is 4.17. The van der Waals surface area contributed by atoms with Crippen LogP contribution in [-0.4, -0.2) is 32.8 Å². The predicted octanol–water partition coefficient (Wildman–Crippen LogP) is 4.03. The Hall–Kier alpha value is -3.74. The van der Waals surface area contributed by atoms with Gasteiger partial charge in [0.2, 0.25) is 0 Å². The Morgan fingerprint density at radius 1 is 1.10 bits per heavy atom. The zero-order valence-corrected chi connectivity index (χ0v) is 17.4. The van der Waals surface area contributed by atoms with Gasteiger partial charge < -0.3 is 11.1 Å². The number of nitrogens with two attached hydrogens (primary N) is 1. The van der Waals surface area contributed by atoms with E-state index in [0.717, 1.165) is 42.3 Å². The van der Waals surface area contributed by atoms with Crippen LogP contribution in [0.4, 0.5) is 5.82 Å². The molecule has 5 rings (SSSR count). The number of nitrogens with zero attached hydrogens (tertiary/aromatic N) is 4. The number of benzene rings is 2. The van der Waals surface area contributed by atoms with Crippen molar-refractivity contribution in [2.24, 2.45) is 5.10 Å². The van der Waals surface area contributed by atoms with Crippen LogP contribution in [0.2, 0.25) is 0 Å². The molecule has 0 unspecified atom stereocenters. The van der Waals surface area contributed by atoms with Gasteiger partial charge in [-0.1, -0.05) is 49.2 Å². The second-order valence-corrected chi connectivity index (χ2v) is 8.01. The number of rotatable bonds is 4. The minimum Gasteiger partial charge on any atom is -0.383 e. The van der Waals surface area contributed by atoms with Crippen LogP contribution in [0.5, 0.6) is 0 Å². The van der Waals surface area contributed by atoms with Gasteiger partial charge in [-0.15, -0.1) is 0 Å². The highest BCUT2D eigenvalue weighted by Gasteiger charge is 2.26. The molecule has 1 saturated carbocycles. The van der Waals surface area contributed by atoms with Gasteiger partial charge in [0, 0.05) is 6.04 Å². The number of carbonyl (C=O) groups is 1. The molecule has 2 aromatic carbocycles. The Morgan fingerprint density at radius 3 is 2.52 bits per heavy atom. The third kappa shape index (κ3) is 3.52. The summed E-state index contributed by atoms with van der Waals surface area (Å²) in [6, 6.07) is 15.7. The molecule has 0 bridgehead atoms. The number of carbonyl (C=O) groups excluding carboxylic acids is 1. The van der Waals surface area contributed by atoms with Gasteiger partial charge in [-0.25, -0.2) is 9.97 Å². The first kappa shape index (κ1) is 19.2. The number of nitrogen functional groups attached to an aromatic ring is 1. The van der Waals surface area contributed by atoms with Crippen LogP contribution in [0.15, 0.2) is 53.6 Å². The van der Waals surface area contributed by atoms with Crippen LogP contribution in [0.3, 0.4) is 0 Å². The van der Waals surface area contributed by atoms with Gasteiger partial charge in [-0.2, -0.15) is 9.78 Å². The first-order valence-corrected chi connectivity index (χ1v) is 10.6. The van der Waals surface area contributed by atoms with Gasteiger partial charge in [0.15, 0.2) is 5.65 Å². The topological polar surface area (TPSA) is 98.2 Å². The molecule has 0 atom stereocenters. The molecular formula is C24H24N6O. The third-order valence-electron chi connectivity index (χ3n) is 5.89. The first-order valence-electron chi connectivity index (χ1n) is 10.6. The molecule has 4 aromatic rings. The highest BCUT2D eigenvalue weighted by molar-refractivity contribution is 6.10. The summed E-state index contributed by atoms with van der Waals surface area (Å²) in [5.74, 6) is 0.0226. The summed E-state index contributed by atoms with van der Waals surface area (Å²) < 4.78 is 1.52. The van der Waals surface area contributed by atoms with Crippen molar-refractivity contribution in [3.63, 3.8) is 0 Å². The van der Waals surface area contributed by atoms with Gasteiger partial charge in [0.1, 0.15) is 16.9 Å². The van der Waals surface area contributed by atoms with Crippen LogP contribution in [0.1, 0.15) is 47.2 Å². The van der Waals surface area contributed by atoms with Crippen molar-refractivity contribution in [2.75, 3.05) is 5.73 Å². The number of para-hydroxylation sites is 2. The van der Waals surface area contributed by atoms with Crippen LogP contribution in [0, 0.1) is 6.92 Å². The Bertz CT molecular complexity index is 1320. The number of nitrogens with one attached hydrogen (secondary N) is 1. The monoisotopic (exact) mass is 412 g/mol. The number of hydrogen-bond donors (Lipinski definition) is 2. The quantitative estimate of drug-likeness (QED) is 0.495. The molecule has 0 aliphatic heterocycles. The lowest BCUT2D eigenvalue weighted by molar-refractivity contribution is 0.0940. The number of aryl methyl sites for hydroxylation is 1. The van der Waals surface area contributed by atoms with E-state index in [0.29, 0.717) is 22.2 Å². The minimum atomic E-state index is -0.219. The van der Waals surface area contributed by atoms with E-state index in [1.165, 1.54) is 4.68 Å². The summed E-state index contributed by atoms with van der Waals surface area (Å²) >= 11 is 0. The summed E-state index contributed by atoms with van der Waals surface area (Å²) in [6.45, 7) is 2.02. The molecule has 1 aliphatic rings. The summed E-state index contributed by atoms with van der Waals surface area (Å²) in [5, 5.41) is 7.71. The fraction of sp³-hybridized carbons (Fsp3) is 0.250. The molecule has 7 nitrogen and oxygen atoms in total. The van der Waals surface area contributed by atoms with E-state index in [1.54, 1.807) is 6.21 Å². The van der Waals surface area contributed by atoms with Crippen LogP contribution >= 0.6 is 0 Å². The Kier molecular flexibility index (Phi) is 4.86. The van der Waals surface area contributed by atoms with Crippen LogP contribution < -0.4 is 11.1 Å². The Balaban J connectivity index is 1.66. The summed E-state index contributed by atoms with van der Waals surface area (Å²) in [5.41, 5.74) is 11.2. The molecular weight excluding hydrogens is 388 g/mol. The third-order valence-corrected chi connectivity index (χ3v) is 5.89. The zero-order valence-electron chi connectivity index (χ0n) is 17.4. The van der Waals surface area contributed by atoms with Crippen molar-refractivity contribution in [3.8, 4) is 0 Å². The fourth-order valence-electron chi connectivity index (χ4n) is 4.17. The van der Waals surface area contributed by atoms with E-state index in [2.05, 4.69) is 10.4 Å². The molecule has 2 heterocycles. The number of hydrogen-bond acceptors (Lipinski definition) is 5. The predicted molar refractivity (Wildman–Crippen MR) is 123 cm³/mol. The van der Waals surface area contributed by atoms with Gasteiger partial charge >= 0.3 is 0 Å². The van der Waals surface area contributed by atoms with Crippen molar-refractivity contribution < 1.29 is 4.79 Å². The van der Waals surface area contributed by atoms with Gasteiger partial charge in [-0.05, 0) is 43.0 Å². The Morgan fingerprint density at radius 2 is 1.77 bits per heavy atom. The van der Waals surface area contributed by atoms with E-state index >= 15 is 0 Å². The summed E-state index contributed by atoms with van der Waals surface area (Å²) in [4.78, 5) is 22.7. The number of aromatic nitrogens is 3. The SMILES string of the molecule is Cc1ccccc1C=Nn1c(N)c(C(=O)NC2CCCC2)c2nc3ccccc3nc21. The highest BCUT2D eigenvalue weighted by atomic mass is 16.1. The molecule has 2 aromatic heterocycles. The molecule has 1 aliphatic carbocycles. The second kappa shape index (κ2) is 7.83. The van der Waals surface area contributed by atoms with E-state index < -0.39 is 0 Å². The molecule has 156 valence electrons. The van der Waals surface area contributed by atoms with Crippen molar-refractivity contribution in [2.45, 2.75) is 38.6 Å². The van der Waals surface area contributed by atoms with Crippen molar-refractivity contribution >= 4 is 40.1 Å². The Labute approximate surface area is 180 Å². The second-order valence-electron chi connectivity index (χ2n) is 8.01. The molecule has 1 fully saturated rings. The molecule has 3 N–H and O–H groups in total. The lowest BCUT2D eigenvalue weighted by Crippen LogP contribution is -2.33. The molecule has 0 saturated heterocycles. The zero-order chi connectivity index (χ0) is 21.4. The smallest absolute Gasteiger partial charge is 0.257 e. The van der Waals surface area contributed by atoms with E-state index in [-0.39, 0.29) is 17.8 Å². The average molecular weight is 412 g/mol. The van der Waals surface area contributed by atoms with Crippen LogP contribution in [-0.2, 0) is 0 Å². The van der Waals surface area contributed by atoms with E-state index in [9.17, 15) is 4.79 Å². The van der Waals surface area contributed by atoms with Crippen molar-refractivity contribution in [3.05, 3.63) is 65.2 Å². The van der Waals surface area contributed by atoms with E-state index in [1.807, 2.05) is 55.5 Å². The van der Waals surface area contributed by atoms with Crippen molar-refractivity contribution in [1.82, 2.24) is 20.0 Å². The number of fused-ring (bicyclic) bond motifs is 2. The van der Waals surface area contributed by atoms with E-state index in [4.69, 9.17) is 15.7 Å². The van der Waals surface area contributed by atoms with Gasteiger partial charge in [-0.3, -0.25) is 4.79 Å². The highest BCUT2D eigenvalue weighted by Crippen LogP contribution is 2.28. The standard InChI is InChI=1S/C24H24N6O/c1-15-8-2-3-9-16(15)14-26-30-22(25)20(24(31)27-17-10-4-5-11-17)21-23(30)29-19-13-7-6-12-18(19)28-21/h2-3,6-9,12-14,17H,4-5,10-11,25H2,1H3,(H,27,31). The number of amides is 1. The molecule has 0 radical (unpaired) electrons. The van der Waals surface area contributed by atoms with Gasteiger partial charge in [0.25, 0.3) is 5.91 Å². The molecule has 1 amide bonds. The van der Waals surface area contributed by atoms with Gasteiger partial charge in [0.05, 0.1) is 17.2 Å². The maximum atomic E-state index is 13.2.